The molecular weight excluding hydrogens is 371 g/mol. The Morgan fingerprint density at radius 2 is 1.85 bits per heavy atom. The third kappa shape index (κ3) is 4.08. The number of alkyl halides is 3. The van der Waals surface area contributed by atoms with Gasteiger partial charge in [0, 0.05) is 32.2 Å². The van der Waals surface area contributed by atoms with E-state index in [-0.39, 0.29) is 18.0 Å². The summed E-state index contributed by atoms with van der Waals surface area (Å²) >= 11 is 0. The Kier molecular flexibility index (Phi) is 5.09. The van der Waals surface area contributed by atoms with Gasteiger partial charge in [-0.15, -0.1) is 0 Å². The fourth-order valence-corrected chi connectivity index (χ4v) is 4.29. The summed E-state index contributed by atoms with van der Waals surface area (Å²) in [5.41, 5.74) is -0.205. The number of aryl methyl sites for hydroxylation is 1. The molecule has 0 spiro atoms. The van der Waals surface area contributed by atoms with Crippen LogP contribution in [0.25, 0.3) is 0 Å². The van der Waals surface area contributed by atoms with Crippen LogP contribution in [0.3, 0.4) is 0 Å². The molecule has 2 aromatic rings. The van der Waals surface area contributed by atoms with Gasteiger partial charge in [0.2, 0.25) is 10.0 Å². The van der Waals surface area contributed by atoms with Crippen molar-refractivity contribution in [1.29, 1.82) is 0 Å². The molecule has 0 radical (unpaired) electrons. The smallest absolute Gasteiger partial charge is 0.360 e. The first-order valence-corrected chi connectivity index (χ1v) is 9.42. The summed E-state index contributed by atoms with van der Waals surface area (Å²) in [4.78, 5) is 1.67. The molecule has 3 rings (SSSR count). The van der Waals surface area contributed by atoms with E-state index in [2.05, 4.69) is 5.16 Å². The minimum absolute atomic E-state index is 0.200. The topological polar surface area (TPSA) is 66.7 Å². The molecule has 1 aromatic heterocycles. The Morgan fingerprint density at radius 3 is 2.42 bits per heavy atom. The number of halogens is 3. The quantitative estimate of drug-likeness (QED) is 0.804. The van der Waals surface area contributed by atoms with Crippen LogP contribution in [0.2, 0.25) is 0 Å². The lowest BCUT2D eigenvalue weighted by Gasteiger charge is -2.33. The first kappa shape index (κ1) is 18.9. The summed E-state index contributed by atoms with van der Waals surface area (Å²) in [6.45, 7) is 3.64. The molecule has 0 aliphatic carbocycles. The molecule has 6 nitrogen and oxygen atoms in total. The van der Waals surface area contributed by atoms with Crippen LogP contribution in [0.5, 0.6) is 0 Å². The fourth-order valence-electron chi connectivity index (χ4n) is 2.82. The normalized spacial score (nSPS) is 17.5. The van der Waals surface area contributed by atoms with E-state index < -0.39 is 21.8 Å². The van der Waals surface area contributed by atoms with Gasteiger partial charge in [0.1, 0.15) is 0 Å². The highest BCUT2D eigenvalue weighted by Gasteiger charge is 2.34. The number of rotatable bonds is 4. The van der Waals surface area contributed by atoms with Crippen molar-refractivity contribution in [2.45, 2.75) is 24.5 Å². The molecule has 1 fully saturated rings. The summed E-state index contributed by atoms with van der Waals surface area (Å²) in [7, 11) is -3.97. The number of benzene rings is 1. The summed E-state index contributed by atoms with van der Waals surface area (Å²) in [6.07, 6.45) is -4.58. The van der Waals surface area contributed by atoms with E-state index in [1.807, 2.05) is 17.9 Å². The average Bonchev–Trinajstić information content (AvgIpc) is 2.99. The second-order valence-electron chi connectivity index (χ2n) is 6.14. The second kappa shape index (κ2) is 7.01. The van der Waals surface area contributed by atoms with E-state index >= 15 is 0 Å². The molecule has 10 heteroatoms. The van der Waals surface area contributed by atoms with Crippen LogP contribution in [-0.4, -0.2) is 49.0 Å². The maximum Gasteiger partial charge on any atom is 0.416 e. The zero-order valence-electron chi connectivity index (χ0n) is 14.0. The second-order valence-corrected chi connectivity index (χ2v) is 8.08. The molecular formula is C16H18F3N3O3S. The predicted octanol–water partition coefficient (Wildman–Crippen LogP) is 2.51. The standard InChI is InChI=1S/C16H18F3N3O3S/c1-12-9-14(25-20-12)11-21-5-7-22(8-6-21)26(23,24)15-4-2-3-13(10-15)16(17,18)19/h2-4,9-10H,5-8,11H2,1H3. The van der Waals surface area contributed by atoms with Gasteiger partial charge in [-0.1, -0.05) is 11.2 Å². The molecule has 26 heavy (non-hydrogen) atoms. The molecule has 1 aliphatic rings. The first-order chi connectivity index (χ1) is 12.2. The van der Waals surface area contributed by atoms with E-state index in [1.165, 1.54) is 10.4 Å². The van der Waals surface area contributed by atoms with Crippen molar-refractivity contribution in [2.24, 2.45) is 0 Å². The SMILES string of the molecule is Cc1cc(CN2CCN(S(=O)(=O)c3cccc(C(F)(F)F)c3)CC2)on1. The predicted molar refractivity (Wildman–Crippen MR) is 86.7 cm³/mol. The lowest BCUT2D eigenvalue weighted by molar-refractivity contribution is -0.137. The molecule has 0 saturated carbocycles. The molecule has 1 saturated heterocycles. The zero-order valence-corrected chi connectivity index (χ0v) is 14.8. The van der Waals surface area contributed by atoms with Crippen LogP contribution in [0, 0.1) is 6.92 Å². The Labute approximate surface area is 149 Å². The maximum absolute atomic E-state index is 12.8. The van der Waals surface area contributed by atoms with Crippen molar-refractivity contribution in [3.63, 3.8) is 0 Å². The molecule has 142 valence electrons. The van der Waals surface area contributed by atoms with Gasteiger partial charge in [0.25, 0.3) is 0 Å². The Hall–Kier alpha value is -1.91. The number of hydrogen-bond acceptors (Lipinski definition) is 5. The highest BCUT2D eigenvalue weighted by molar-refractivity contribution is 7.89. The number of nitrogens with zero attached hydrogens (tertiary/aromatic N) is 3. The van der Waals surface area contributed by atoms with Crippen LogP contribution in [0.1, 0.15) is 17.0 Å². The van der Waals surface area contributed by atoms with Crippen molar-refractivity contribution < 1.29 is 26.1 Å². The van der Waals surface area contributed by atoms with Crippen molar-refractivity contribution in [3.05, 3.63) is 47.3 Å². The van der Waals surface area contributed by atoms with Crippen LogP contribution < -0.4 is 0 Å². The van der Waals surface area contributed by atoms with Gasteiger partial charge in [-0.2, -0.15) is 17.5 Å². The van der Waals surface area contributed by atoms with Gasteiger partial charge in [-0.05, 0) is 25.1 Å². The highest BCUT2D eigenvalue weighted by atomic mass is 32.2. The number of sulfonamides is 1. The molecule has 1 aliphatic heterocycles. The van der Waals surface area contributed by atoms with Gasteiger partial charge < -0.3 is 4.52 Å². The summed E-state index contributed by atoms with van der Waals surface area (Å²) in [6, 6.07) is 5.65. The van der Waals surface area contributed by atoms with E-state index in [0.29, 0.717) is 31.5 Å². The molecule has 0 amide bonds. The molecule has 0 unspecified atom stereocenters. The van der Waals surface area contributed by atoms with E-state index in [4.69, 9.17) is 4.52 Å². The van der Waals surface area contributed by atoms with Crippen LogP contribution in [-0.2, 0) is 22.7 Å². The molecule has 1 aromatic carbocycles. The monoisotopic (exact) mass is 389 g/mol. The third-order valence-corrected chi connectivity index (χ3v) is 6.08. The molecule has 2 heterocycles. The van der Waals surface area contributed by atoms with Crippen molar-refractivity contribution in [2.75, 3.05) is 26.2 Å². The summed E-state index contributed by atoms with van der Waals surface area (Å²) in [5.74, 6) is 0.691. The Balaban J connectivity index is 1.68. The van der Waals surface area contributed by atoms with E-state index in [0.717, 1.165) is 17.8 Å². The van der Waals surface area contributed by atoms with Crippen molar-refractivity contribution >= 4 is 10.0 Å². The largest absolute Gasteiger partial charge is 0.416 e. The van der Waals surface area contributed by atoms with Crippen LogP contribution in [0.15, 0.2) is 39.8 Å². The maximum atomic E-state index is 12.8. The van der Waals surface area contributed by atoms with Crippen molar-refractivity contribution in [3.8, 4) is 0 Å². The Bertz CT molecular complexity index is 872. The van der Waals surface area contributed by atoms with Gasteiger partial charge in [0.05, 0.1) is 22.7 Å². The summed E-state index contributed by atoms with van der Waals surface area (Å²) in [5, 5.41) is 3.80. The molecule has 0 atom stereocenters. The third-order valence-electron chi connectivity index (χ3n) is 4.19. The summed E-state index contributed by atoms with van der Waals surface area (Å²) < 4.78 is 70.1. The van der Waals surface area contributed by atoms with Crippen molar-refractivity contribution in [1.82, 2.24) is 14.4 Å². The number of piperazine rings is 1. The van der Waals surface area contributed by atoms with E-state index in [1.54, 1.807) is 0 Å². The zero-order chi connectivity index (χ0) is 18.9. The average molecular weight is 389 g/mol. The van der Waals surface area contributed by atoms with Gasteiger partial charge in [-0.3, -0.25) is 4.90 Å². The lowest BCUT2D eigenvalue weighted by atomic mass is 10.2. The number of aromatic nitrogens is 1. The molecule has 0 N–H and O–H groups in total. The minimum atomic E-state index is -4.58. The van der Waals surface area contributed by atoms with Gasteiger partial charge in [0.15, 0.2) is 5.76 Å². The van der Waals surface area contributed by atoms with E-state index in [9.17, 15) is 21.6 Å². The van der Waals surface area contributed by atoms with Gasteiger partial charge >= 0.3 is 6.18 Å². The van der Waals surface area contributed by atoms with Crippen LogP contribution in [0.4, 0.5) is 13.2 Å². The van der Waals surface area contributed by atoms with Crippen LogP contribution >= 0.6 is 0 Å². The lowest BCUT2D eigenvalue weighted by Crippen LogP contribution is -2.48. The Morgan fingerprint density at radius 1 is 1.15 bits per heavy atom. The highest BCUT2D eigenvalue weighted by Crippen LogP contribution is 2.31. The van der Waals surface area contributed by atoms with Gasteiger partial charge in [-0.25, -0.2) is 8.42 Å². The minimum Gasteiger partial charge on any atom is -0.360 e. The molecule has 0 bridgehead atoms. The fraction of sp³-hybridized carbons (Fsp3) is 0.438. The first-order valence-electron chi connectivity index (χ1n) is 7.98. The number of hydrogen-bond donors (Lipinski definition) is 0.